The first kappa shape index (κ1) is 22.3. The number of hydrogen-bond donors (Lipinski definition) is 1. The molecule has 5 rings (SSSR count). The van der Waals surface area contributed by atoms with Crippen LogP contribution in [0.5, 0.6) is 17.2 Å². The quantitative estimate of drug-likeness (QED) is 0.544. The second-order valence-electron chi connectivity index (χ2n) is 8.83. The molecular weight excluding hydrogens is 430 g/mol. The van der Waals surface area contributed by atoms with E-state index in [-0.39, 0.29) is 29.9 Å². The molecule has 6 heteroatoms. The average Bonchev–Trinajstić information content (AvgIpc) is 2.88. The third-order valence-electron chi connectivity index (χ3n) is 6.80. The molecule has 1 unspecified atom stereocenters. The number of carbonyl (C=O) groups is 1. The molecule has 3 aromatic carbocycles. The molecule has 176 valence electrons. The highest BCUT2D eigenvalue weighted by atomic mass is 16.6. The minimum absolute atomic E-state index is 0.0939. The molecule has 2 heterocycles. The summed E-state index contributed by atoms with van der Waals surface area (Å²) in [5, 5.41) is 9.59. The second kappa shape index (κ2) is 9.39. The molecule has 0 saturated heterocycles. The molecule has 0 radical (unpaired) electrons. The highest BCUT2D eigenvalue weighted by molar-refractivity contribution is 5.77. The molecule has 0 saturated carbocycles. The van der Waals surface area contributed by atoms with Gasteiger partial charge in [0.15, 0.2) is 17.6 Å². The maximum absolute atomic E-state index is 12.8. The highest BCUT2D eigenvalue weighted by Crippen LogP contribution is 2.42. The SMILES string of the molecule is CC[C@@H](c1ccccc1)N1Cc2cc3c(cc2CC1C(=O)OC)OC[C@H](c1ccc(O)cc1)O3. The zero-order valence-electron chi connectivity index (χ0n) is 19.4. The molecule has 0 spiro atoms. The van der Waals surface area contributed by atoms with Gasteiger partial charge in [-0.05, 0) is 59.4 Å². The topological polar surface area (TPSA) is 68.2 Å². The predicted molar refractivity (Wildman–Crippen MR) is 128 cm³/mol. The van der Waals surface area contributed by atoms with Crippen LogP contribution in [-0.2, 0) is 22.5 Å². The molecule has 34 heavy (non-hydrogen) atoms. The standard InChI is InChI=1S/C28H29NO5/c1-3-23(18-7-5-4-6-8-18)29-16-21-15-26-25(14-20(21)13-24(29)28(31)32-2)33-17-27(34-26)19-9-11-22(30)12-10-19/h4-12,14-15,23-24,27,30H,3,13,16-17H2,1-2H3/t23-,24?,27+/m0/s1. The lowest BCUT2D eigenvalue weighted by Crippen LogP contribution is -2.47. The molecule has 3 aromatic rings. The molecule has 1 N–H and O–H groups in total. The number of rotatable bonds is 5. The van der Waals surface area contributed by atoms with Crippen molar-refractivity contribution in [2.45, 2.75) is 44.5 Å². The first-order valence-corrected chi connectivity index (χ1v) is 11.7. The Labute approximate surface area is 199 Å². The van der Waals surface area contributed by atoms with Crippen molar-refractivity contribution in [3.63, 3.8) is 0 Å². The molecule has 0 amide bonds. The molecule has 0 aliphatic carbocycles. The summed E-state index contributed by atoms with van der Waals surface area (Å²) in [5.74, 6) is 1.40. The van der Waals surface area contributed by atoms with Gasteiger partial charge in [0.1, 0.15) is 18.4 Å². The average molecular weight is 460 g/mol. The molecule has 2 aliphatic rings. The maximum Gasteiger partial charge on any atom is 0.323 e. The number of hydrogen-bond acceptors (Lipinski definition) is 6. The van der Waals surface area contributed by atoms with Crippen LogP contribution in [-0.4, -0.2) is 35.7 Å². The van der Waals surface area contributed by atoms with Gasteiger partial charge < -0.3 is 19.3 Å². The van der Waals surface area contributed by atoms with E-state index in [4.69, 9.17) is 14.2 Å². The number of fused-ring (bicyclic) bond motifs is 2. The van der Waals surface area contributed by atoms with E-state index in [9.17, 15) is 9.90 Å². The summed E-state index contributed by atoms with van der Waals surface area (Å²) in [6, 6.07) is 21.1. The van der Waals surface area contributed by atoms with Crippen LogP contribution in [0.3, 0.4) is 0 Å². The van der Waals surface area contributed by atoms with Crippen molar-refractivity contribution in [2.75, 3.05) is 13.7 Å². The first-order chi connectivity index (χ1) is 16.6. The maximum atomic E-state index is 12.8. The summed E-state index contributed by atoms with van der Waals surface area (Å²) in [4.78, 5) is 15.1. The molecular formula is C28H29NO5. The summed E-state index contributed by atoms with van der Waals surface area (Å²) in [7, 11) is 1.45. The van der Waals surface area contributed by atoms with E-state index in [1.165, 1.54) is 12.7 Å². The van der Waals surface area contributed by atoms with Crippen molar-refractivity contribution in [1.29, 1.82) is 0 Å². The number of phenols is 1. The van der Waals surface area contributed by atoms with Gasteiger partial charge in [0.2, 0.25) is 0 Å². The van der Waals surface area contributed by atoms with Gasteiger partial charge in [-0.1, -0.05) is 49.4 Å². The van der Waals surface area contributed by atoms with Crippen molar-refractivity contribution in [3.05, 3.63) is 89.0 Å². The summed E-state index contributed by atoms with van der Waals surface area (Å²) in [5.41, 5.74) is 4.35. The number of carbonyl (C=O) groups excluding carboxylic acids is 1. The van der Waals surface area contributed by atoms with Crippen LogP contribution >= 0.6 is 0 Å². The fourth-order valence-corrected chi connectivity index (χ4v) is 5.04. The van der Waals surface area contributed by atoms with Gasteiger partial charge in [-0.25, -0.2) is 0 Å². The van der Waals surface area contributed by atoms with Crippen molar-refractivity contribution in [2.24, 2.45) is 0 Å². The van der Waals surface area contributed by atoms with Crippen LogP contribution in [0.1, 0.15) is 47.7 Å². The van der Waals surface area contributed by atoms with Crippen molar-refractivity contribution >= 4 is 5.97 Å². The number of ether oxygens (including phenoxy) is 3. The Morgan fingerprint density at radius 2 is 1.82 bits per heavy atom. The van der Waals surface area contributed by atoms with Crippen molar-refractivity contribution < 1.29 is 24.1 Å². The van der Waals surface area contributed by atoms with Gasteiger partial charge in [-0.3, -0.25) is 9.69 Å². The number of esters is 1. The summed E-state index contributed by atoms with van der Waals surface area (Å²) < 4.78 is 17.6. The zero-order valence-corrected chi connectivity index (χ0v) is 19.4. The summed E-state index contributed by atoms with van der Waals surface area (Å²) in [6.07, 6.45) is 1.19. The number of aromatic hydroxyl groups is 1. The van der Waals surface area contributed by atoms with E-state index in [0.29, 0.717) is 31.1 Å². The van der Waals surface area contributed by atoms with Gasteiger partial charge >= 0.3 is 5.97 Å². The first-order valence-electron chi connectivity index (χ1n) is 11.7. The Morgan fingerprint density at radius 3 is 2.53 bits per heavy atom. The lowest BCUT2D eigenvalue weighted by molar-refractivity contribution is -0.149. The van der Waals surface area contributed by atoms with E-state index >= 15 is 0 Å². The number of nitrogens with zero attached hydrogens (tertiary/aromatic N) is 1. The fraction of sp³-hybridized carbons (Fsp3) is 0.321. The van der Waals surface area contributed by atoms with E-state index in [1.54, 1.807) is 12.1 Å². The normalized spacial score (nSPS) is 20.3. The van der Waals surface area contributed by atoms with Crippen molar-refractivity contribution in [3.8, 4) is 17.2 Å². The number of benzene rings is 3. The van der Waals surface area contributed by atoms with Crippen LogP contribution in [0.4, 0.5) is 0 Å². The van der Waals surface area contributed by atoms with Gasteiger partial charge in [0, 0.05) is 12.6 Å². The van der Waals surface area contributed by atoms with Gasteiger partial charge in [0.25, 0.3) is 0 Å². The number of phenolic OH excluding ortho intramolecular Hbond substituents is 1. The third kappa shape index (κ3) is 4.21. The van der Waals surface area contributed by atoms with Crippen LogP contribution in [0.2, 0.25) is 0 Å². The third-order valence-corrected chi connectivity index (χ3v) is 6.80. The predicted octanol–water partition coefficient (Wildman–Crippen LogP) is 4.96. The van der Waals surface area contributed by atoms with E-state index < -0.39 is 0 Å². The Kier molecular flexibility index (Phi) is 6.16. The largest absolute Gasteiger partial charge is 0.508 e. The lowest BCUT2D eigenvalue weighted by Gasteiger charge is -2.41. The van der Waals surface area contributed by atoms with Crippen LogP contribution < -0.4 is 9.47 Å². The van der Waals surface area contributed by atoms with Crippen LogP contribution in [0, 0.1) is 0 Å². The smallest absolute Gasteiger partial charge is 0.323 e. The molecule has 2 aliphatic heterocycles. The Bertz CT molecular complexity index is 1160. The minimum atomic E-state index is -0.366. The lowest BCUT2D eigenvalue weighted by atomic mass is 9.89. The van der Waals surface area contributed by atoms with E-state index in [1.807, 2.05) is 36.4 Å². The van der Waals surface area contributed by atoms with E-state index in [0.717, 1.165) is 23.1 Å². The van der Waals surface area contributed by atoms with Crippen LogP contribution in [0.25, 0.3) is 0 Å². The highest BCUT2D eigenvalue weighted by Gasteiger charge is 2.38. The second-order valence-corrected chi connectivity index (χ2v) is 8.83. The monoisotopic (exact) mass is 459 g/mol. The molecule has 0 fully saturated rings. The Morgan fingerprint density at radius 1 is 1.09 bits per heavy atom. The summed E-state index contributed by atoms with van der Waals surface area (Å²) >= 11 is 0. The molecule has 6 nitrogen and oxygen atoms in total. The van der Waals surface area contributed by atoms with E-state index in [2.05, 4.69) is 30.0 Å². The van der Waals surface area contributed by atoms with Crippen molar-refractivity contribution in [1.82, 2.24) is 4.90 Å². The fourth-order valence-electron chi connectivity index (χ4n) is 5.04. The zero-order chi connectivity index (χ0) is 23.7. The summed E-state index contributed by atoms with van der Waals surface area (Å²) in [6.45, 7) is 3.14. The molecule has 0 aromatic heterocycles. The van der Waals surface area contributed by atoms with Gasteiger partial charge in [-0.15, -0.1) is 0 Å². The van der Waals surface area contributed by atoms with Gasteiger partial charge in [0.05, 0.1) is 7.11 Å². The minimum Gasteiger partial charge on any atom is -0.508 e. The molecule has 3 atom stereocenters. The van der Waals surface area contributed by atoms with Gasteiger partial charge in [-0.2, -0.15) is 0 Å². The number of methoxy groups -OCH3 is 1. The Hall–Kier alpha value is -3.51. The molecule has 0 bridgehead atoms. The van der Waals surface area contributed by atoms with Crippen LogP contribution in [0.15, 0.2) is 66.7 Å². The Balaban J connectivity index is 1.47.